The van der Waals surface area contributed by atoms with Gasteiger partial charge in [0.05, 0.1) is 18.6 Å². The van der Waals surface area contributed by atoms with E-state index < -0.39 is 53.6 Å². The van der Waals surface area contributed by atoms with Crippen LogP contribution in [0.25, 0.3) is 11.2 Å². The van der Waals surface area contributed by atoms with Crippen LogP contribution in [-0.2, 0) is 31.6 Å². The molecule has 0 aromatic carbocycles. The van der Waals surface area contributed by atoms with Gasteiger partial charge in [0, 0.05) is 0 Å². The molecule has 3 rings (SSSR count). The van der Waals surface area contributed by atoms with Crippen molar-refractivity contribution in [1.82, 2.24) is 19.5 Å². The summed E-state index contributed by atoms with van der Waals surface area (Å²) in [6.07, 6.45) is -4.21. The summed E-state index contributed by atoms with van der Waals surface area (Å²) in [6.45, 7) is 2.43. The molecule has 3 unspecified atom stereocenters. The van der Waals surface area contributed by atoms with Gasteiger partial charge in [-0.2, -0.15) is 13.6 Å². The van der Waals surface area contributed by atoms with Gasteiger partial charge in [0.15, 0.2) is 17.5 Å². The second-order valence-corrected chi connectivity index (χ2v) is 11.5. The number of aromatic nitrogens is 4. The molecule has 194 valence electrons. The molecule has 0 radical (unpaired) electrons. The van der Waals surface area contributed by atoms with Gasteiger partial charge in [-0.05, 0) is 13.8 Å². The predicted octanol–water partition coefficient (Wildman–Crippen LogP) is -0.847. The van der Waals surface area contributed by atoms with Gasteiger partial charge in [0.25, 0.3) is 0 Å². The standard InChI is InChI=1S/C14H20N5O13P3/c1-3-4-14(21)10(20)9(7(2)30-34(25,26)32-35(27,28)31-33(22,23)24)29-12(14)19-6-17-8-5-16-13(15)18-11(8)19/h5-7,9-10,12,20-21H,1-2H3,(H,25,26)(H,27,28)(H2,15,16,18)(H2,22,23,24)/t7-,9+,10-,12+,14?/m0/s1. The van der Waals surface area contributed by atoms with Crippen LogP contribution in [0.1, 0.15) is 20.1 Å². The summed E-state index contributed by atoms with van der Waals surface area (Å²) in [7, 11) is -16.9. The van der Waals surface area contributed by atoms with Gasteiger partial charge in [0.1, 0.15) is 17.7 Å². The molecule has 2 aromatic heterocycles. The normalized spacial score (nSPS) is 29.2. The van der Waals surface area contributed by atoms with Crippen molar-refractivity contribution in [2.75, 3.05) is 5.73 Å². The molecule has 1 fully saturated rings. The van der Waals surface area contributed by atoms with E-state index >= 15 is 0 Å². The summed E-state index contributed by atoms with van der Waals surface area (Å²) in [4.78, 5) is 48.1. The van der Waals surface area contributed by atoms with Gasteiger partial charge in [0.2, 0.25) is 5.95 Å². The number of rotatable bonds is 8. The summed E-state index contributed by atoms with van der Waals surface area (Å²) < 4.78 is 53.3. The molecule has 21 heteroatoms. The molecular weight excluding hydrogens is 539 g/mol. The van der Waals surface area contributed by atoms with Gasteiger partial charge >= 0.3 is 23.5 Å². The van der Waals surface area contributed by atoms with E-state index in [4.69, 9.17) is 24.8 Å². The number of aliphatic hydroxyl groups is 2. The molecule has 1 aliphatic rings. The Kier molecular flexibility index (Phi) is 7.60. The molecule has 2 aromatic rings. The van der Waals surface area contributed by atoms with Crippen LogP contribution in [0.15, 0.2) is 12.5 Å². The van der Waals surface area contributed by atoms with Crippen molar-refractivity contribution >= 4 is 40.6 Å². The SMILES string of the molecule is CC#CC1(O)[C@@H](O)[C@@H]([C@H](C)OP(=O)(O)OP(=O)(O)OP(=O)(O)O)O[C@H]1n1cnc2cnc(N)nc21. The monoisotopic (exact) mass is 559 g/mol. The van der Waals surface area contributed by atoms with Crippen LogP contribution in [0, 0.1) is 11.8 Å². The van der Waals surface area contributed by atoms with Gasteiger partial charge in [-0.15, -0.1) is 5.92 Å². The Morgan fingerprint density at radius 2 is 1.86 bits per heavy atom. The summed E-state index contributed by atoms with van der Waals surface area (Å²) in [5, 5.41) is 22.0. The number of nitrogen functional groups attached to an aromatic ring is 1. The number of nitrogens with zero attached hydrogens (tertiary/aromatic N) is 4. The molecular formula is C14H20N5O13P3. The van der Waals surface area contributed by atoms with Crippen LogP contribution in [0.3, 0.4) is 0 Å². The van der Waals surface area contributed by atoms with Crippen molar-refractivity contribution < 1.29 is 61.4 Å². The highest BCUT2D eigenvalue weighted by Gasteiger charge is 2.58. The Morgan fingerprint density at radius 3 is 2.46 bits per heavy atom. The van der Waals surface area contributed by atoms with E-state index in [1.807, 2.05) is 0 Å². The molecule has 0 aliphatic carbocycles. The van der Waals surface area contributed by atoms with Crippen molar-refractivity contribution in [3.05, 3.63) is 12.5 Å². The number of imidazole rings is 1. The molecule has 7 atom stereocenters. The highest BCUT2D eigenvalue weighted by atomic mass is 31.3. The average Bonchev–Trinajstić information content (AvgIpc) is 3.17. The summed E-state index contributed by atoms with van der Waals surface area (Å²) >= 11 is 0. The van der Waals surface area contributed by atoms with Crippen LogP contribution in [0.5, 0.6) is 0 Å². The van der Waals surface area contributed by atoms with Gasteiger partial charge in [-0.1, -0.05) is 5.92 Å². The molecule has 0 amide bonds. The van der Waals surface area contributed by atoms with Crippen LogP contribution < -0.4 is 5.73 Å². The maximum absolute atomic E-state index is 12.2. The minimum atomic E-state index is -5.77. The Balaban J connectivity index is 1.89. The van der Waals surface area contributed by atoms with Crippen molar-refractivity contribution in [3.8, 4) is 11.8 Å². The number of nitrogens with two attached hydrogens (primary N) is 1. The lowest BCUT2D eigenvalue weighted by molar-refractivity contribution is -0.0831. The van der Waals surface area contributed by atoms with Crippen molar-refractivity contribution in [2.24, 2.45) is 0 Å². The van der Waals surface area contributed by atoms with E-state index in [2.05, 4.69) is 35.4 Å². The van der Waals surface area contributed by atoms with E-state index in [1.165, 1.54) is 24.0 Å². The summed E-state index contributed by atoms with van der Waals surface area (Å²) in [5.41, 5.74) is 3.59. The number of ether oxygens (including phenoxy) is 1. The molecule has 3 heterocycles. The Hall–Kier alpha value is -1.80. The topological polar surface area (TPSA) is 279 Å². The minimum Gasteiger partial charge on any atom is -0.386 e. The molecule has 18 nitrogen and oxygen atoms in total. The van der Waals surface area contributed by atoms with Gasteiger partial charge < -0.3 is 40.3 Å². The number of phosphoric acid groups is 3. The summed E-state index contributed by atoms with van der Waals surface area (Å²) in [6, 6.07) is 0. The Labute approximate surface area is 196 Å². The number of aliphatic hydroxyl groups excluding tert-OH is 1. The van der Waals surface area contributed by atoms with Crippen LogP contribution in [-0.4, -0.2) is 73.2 Å². The maximum atomic E-state index is 12.2. The van der Waals surface area contributed by atoms with Crippen LogP contribution >= 0.6 is 23.5 Å². The minimum absolute atomic E-state index is 0.0900. The number of fused-ring (bicyclic) bond motifs is 1. The highest BCUT2D eigenvalue weighted by molar-refractivity contribution is 7.66. The van der Waals surface area contributed by atoms with Crippen LogP contribution in [0.4, 0.5) is 5.95 Å². The first-order valence-electron chi connectivity index (χ1n) is 9.25. The molecule has 1 aliphatic heterocycles. The van der Waals surface area contributed by atoms with Gasteiger partial charge in [-0.3, -0.25) is 9.09 Å². The Bertz CT molecular complexity index is 1320. The fourth-order valence-corrected chi connectivity index (χ4v) is 6.49. The zero-order valence-electron chi connectivity index (χ0n) is 17.7. The molecule has 0 spiro atoms. The largest absolute Gasteiger partial charge is 0.490 e. The molecule has 35 heavy (non-hydrogen) atoms. The third-order valence-electron chi connectivity index (χ3n) is 4.52. The lowest BCUT2D eigenvalue weighted by Crippen LogP contribution is -2.47. The molecule has 0 bridgehead atoms. The number of hydrogen-bond acceptors (Lipinski definition) is 13. The quantitative estimate of drug-likeness (QED) is 0.153. The first kappa shape index (κ1) is 27.8. The van der Waals surface area contributed by atoms with Crippen molar-refractivity contribution in [3.63, 3.8) is 0 Å². The second-order valence-electron chi connectivity index (χ2n) is 7.09. The van der Waals surface area contributed by atoms with E-state index in [0.29, 0.717) is 0 Å². The van der Waals surface area contributed by atoms with Crippen molar-refractivity contribution in [1.29, 1.82) is 0 Å². The zero-order chi connectivity index (χ0) is 26.4. The predicted molar refractivity (Wildman–Crippen MR) is 112 cm³/mol. The lowest BCUT2D eigenvalue weighted by atomic mass is 9.93. The second kappa shape index (κ2) is 9.58. The number of hydrogen-bond donors (Lipinski definition) is 7. The number of anilines is 1. The number of phosphoric ester groups is 1. The first-order chi connectivity index (χ1) is 16.0. The average molecular weight is 559 g/mol. The third-order valence-corrected chi connectivity index (χ3v) is 8.44. The smallest absolute Gasteiger partial charge is 0.386 e. The van der Waals surface area contributed by atoms with E-state index in [1.54, 1.807) is 0 Å². The van der Waals surface area contributed by atoms with E-state index in [9.17, 15) is 33.7 Å². The van der Waals surface area contributed by atoms with Gasteiger partial charge in [-0.25, -0.2) is 23.7 Å². The summed E-state index contributed by atoms with van der Waals surface area (Å²) in [5.74, 6) is 4.69. The fraction of sp³-hybridized carbons (Fsp3) is 0.500. The molecule has 1 saturated heterocycles. The molecule has 8 N–H and O–H groups in total. The zero-order valence-corrected chi connectivity index (χ0v) is 20.4. The third kappa shape index (κ3) is 6.13. The lowest BCUT2D eigenvalue weighted by Gasteiger charge is -2.27. The van der Waals surface area contributed by atoms with E-state index in [-0.39, 0.29) is 17.1 Å². The van der Waals surface area contributed by atoms with Crippen molar-refractivity contribution in [2.45, 2.75) is 44.0 Å². The Morgan fingerprint density at radius 1 is 1.20 bits per heavy atom. The van der Waals surface area contributed by atoms with Crippen LogP contribution in [0.2, 0.25) is 0 Å². The fourth-order valence-electron chi connectivity index (χ4n) is 3.28. The highest BCUT2D eigenvalue weighted by Crippen LogP contribution is 2.66. The maximum Gasteiger partial charge on any atom is 0.490 e. The van der Waals surface area contributed by atoms with E-state index in [0.717, 1.165) is 6.92 Å². The molecule has 0 saturated carbocycles. The first-order valence-corrected chi connectivity index (χ1v) is 13.8.